The number of carbonyl (C=O) groups excluding carboxylic acids is 2. The summed E-state index contributed by atoms with van der Waals surface area (Å²) in [7, 11) is 1.43. The highest BCUT2D eigenvalue weighted by atomic mass is 32.1. The molecule has 0 aromatic carbocycles. The van der Waals surface area contributed by atoms with Crippen LogP contribution in [0.4, 0.5) is 0 Å². The third-order valence-corrected chi connectivity index (χ3v) is 5.77. The molecule has 0 unspecified atom stereocenters. The Morgan fingerprint density at radius 3 is 2.85 bits per heavy atom. The Hall–Kier alpha value is -2.41. The van der Waals surface area contributed by atoms with Crippen LogP contribution in [0.25, 0.3) is 0 Å². The van der Waals surface area contributed by atoms with Crippen LogP contribution in [-0.4, -0.2) is 41.4 Å². The molecule has 2 aromatic rings. The van der Waals surface area contributed by atoms with E-state index in [-0.39, 0.29) is 35.5 Å². The number of ether oxygens (including phenoxy) is 1. The highest BCUT2D eigenvalue weighted by Gasteiger charge is 2.30. The molecule has 26 heavy (non-hydrogen) atoms. The molecule has 0 aliphatic carbocycles. The number of hydrogen-bond donors (Lipinski definition) is 0. The van der Waals surface area contributed by atoms with Gasteiger partial charge in [-0.3, -0.25) is 14.4 Å². The first-order valence-electron chi connectivity index (χ1n) is 8.60. The lowest BCUT2D eigenvalue weighted by Crippen LogP contribution is -2.44. The Bertz CT molecular complexity index is 870. The molecule has 1 amide bonds. The van der Waals surface area contributed by atoms with Gasteiger partial charge in [0.1, 0.15) is 6.54 Å². The fourth-order valence-electron chi connectivity index (χ4n) is 3.27. The summed E-state index contributed by atoms with van der Waals surface area (Å²) in [6.07, 6.45) is 3.16. The molecule has 6 nitrogen and oxygen atoms in total. The van der Waals surface area contributed by atoms with Crippen LogP contribution in [0.1, 0.15) is 28.1 Å². The van der Waals surface area contributed by atoms with Crippen molar-refractivity contribution in [2.45, 2.75) is 26.3 Å². The molecule has 7 heteroatoms. The fraction of sp³-hybridized carbons (Fsp3) is 0.421. The van der Waals surface area contributed by atoms with Crippen LogP contribution < -0.4 is 10.3 Å². The van der Waals surface area contributed by atoms with Gasteiger partial charge in [-0.05, 0) is 48.9 Å². The van der Waals surface area contributed by atoms with Crippen LogP contribution in [0, 0.1) is 12.8 Å². The number of carbonyl (C=O) groups is 2. The number of piperidine rings is 1. The van der Waals surface area contributed by atoms with E-state index in [1.165, 1.54) is 23.0 Å². The standard InChI is InChI=1S/C19H22N2O4S/c1-13-7-10-26-18(13)17(23)14-5-3-8-20(11-14)16(22)12-21-9-4-6-15(25-2)19(21)24/h4,6-7,9-10,14H,3,5,8,11-12H2,1-2H3/t14-/m0/s1. The number of nitrogens with zero attached hydrogens (tertiary/aromatic N) is 2. The number of pyridine rings is 1. The van der Waals surface area contributed by atoms with Gasteiger partial charge in [0.15, 0.2) is 11.5 Å². The minimum Gasteiger partial charge on any atom is -0.491 e. The molecule has 1 aliphatic rings. The van der Waals surface area contributed by atoms with Crippen LogP contribution in [0.15, 0.2) is 34.6 Å². The van der Waals surface area contributed by atoms with Gasteiger partial charge in [0.25, 0.3) is 5.56 Å². The molecular weight excluding hydrogens is 352 g/mol. The van der Waals surface area contributed by atoms with Crippen molar-refractivity contribution in [2.24, 2.45) is 5.92 Å². The predicted molar refractivity (Wildman–Crippen MR) is 99.9 cm³/mol. The average Bonchev–Trinajstić information content (AvgIpc) is 3.08. The first kappa shape index (κ1) is 18.4. The summed E-state index contributed by atoms with van der Waals surface area (Å²) in [6.45, 7) is 2.91. The maximum Gasteiger partial charge on any atom is 0.293 e. The molecular formula is C19H22N2O4S. The van der Waals surface area contributed by atoms with Gasteiger partial charge >= 0.3 is 0 Å². The lowest BCUT2D eigenvalue weighted by atomic mass is 9.92. The third-order valence-electron chi connectivity index (χ3n) is 4.74. The number of ketones is 1. The molecule has 1 aliphatic heterocycles. The summed E-state index contributed by atoms with van der Waals surface area (Å²) >= 11 is 1.46. The third kappa shape index (κ3) is 3.72. The molecule has 0 bridgehead atoms. The van der Waals surface area contributed by atoms with Crippen LogP contribution in [-0.2, 0) is 11.3 Å². The molecule has 0 radical (unpaired) electrons. The summed E-state index contributed by atoms with van der Waals surface area (Å²) < 4.78 is 6.36. The zero-order valence-corrected chi connectivity index (χ0v) is 15.8. The van der Waals surface area contributed by atoms with Gasteiger partial charge in [-0.1, -0.05) is 0 Å². The van der Waals surface area contributed by atoms with Crippen LogP contribution in [0.2, 0.25) is 0 Å². The number of methoxy groups -OCH3 is 1. The molecule has 1 fully saturated rings. The SMILES string of the molecule is COc1cccn(CC(=O)N2CCC[C@H](C(=O)c3sccc3C)C2)c1=O. The summed E-state index contributed by atoms with van der Waals surface area (Å²) in [5.41, 5.74) is 0.661. The number of aryl methyl sites for hydroxylation is 1. The Balaban J connectivity index is 1.70. The van der Waals surface area contributed by atoms with Gasteiger partial charge in [0.2, 0.25) is 5.91 Å². The monoisotopic (exact) mass is 374 g/mol. The van der Waals surface area contributed by atoms with E-state index in [4.69, 9.17) is 4.74 Å². The molecule has 1 saturated heterocycles. The first-order chi connectivity index (χ1) is 12.5. The number of likely N-dealkylation sites (tertiary alicyclic amines) is 1. The quantitative estimate of drug-likeness (QED) is 0.754. The number of aromatic nitrogens is 1. The second-order valence-electron chi connectivity index (χ2n) is 6.49. The number of amides is 1. The molecule has 0 saturated carbocycles. The lowest BCUT2D eigenvalue weighted by molar-refractivity contribution is -0.133. The summed E-state index contributed by atoms with van der Waals surface area (Å²) in [5, 5.41) is 1.92. The number of Topliss-reactive ketones (excluding diaryl/α,β-unsaturated/α-hetero) is 1. The number of hydrogen-bond acceptors (Lipinski definition) is 5. The molecule has 0 N–H and O–H groups in total. The van der Waals surface area contributed by atoms with Crippen LogP contribution in [0.5, 0.6) is 5.75 Å². The molecule has 3 heterocycles. The van der Waals surface area contributed by atoms with Crippen molar-refractivity contribution in [1.82, 2.24) is 9.47 Å². The van der Waals surface area contributed by atoms with E-state index in [9.17, 15) is 14.4 Å². The largest absolute Gasteiger partial charge is 0.491 e. The maximum atomic E-state index is 12.7. The van der Waals surface area contributed by atoms with Crippen molar-refractivity contribution in [3.05, 3.63) is 50.6 Å². The van der Waals surface area contributed by atoms with Crippen molar-refractivity contribution < 1.29 is 14.3 Å². The van der Waals surface area contributed by atoms with Gasteiger partial charge in [-0.15, -0.1) is 11.3 Å². The van der Waals surface area contributed by atoms with Gasteiger partial charge in [-0.25, -0.2) is 0 Å². The zero-order chi connectivity index (χ0) is 18.7. The Morgan fingerprint density at radius 1 is 1.35 bits per heavy atom. The van der Waals surface area contributed by atoms with Gasteiger partial charge in [0.05, 0.1) is 12.0 Å². The van der Waals surface area contributed by atoms with Gasteiger partial charge in [0, 0.05) is 25.2 Å². The minimum absolute atomic E-state index is 0.0467. The molecule has 138 valence electrons. The van der Waals surface area contributed by atoms with E-state index in [1.807, 2.05) is 18.4 Å². The highest BCUT2D eigenvalue weighted by molar-refractivity contribution is 7.12. The highest BCUT2D eigenvalue weighted by Crippen LogP contribution is 2.25. The van der Waals surface area contributed by atoms with E-state index in [1.54, 1.807) is 23.2 Å². The second kappa shape index (κ2) is 7.86. The number of rotatable bonds is 5. The first-order valence-corrected chi connectivity index (χ1v) is 9.48. The Labute approximate surface area is 156 Å². The number of thiophene rings is 1. The van der Waals surface area contributed by atoms with E-state index >= 15 is 0 Å². The maximum absolute atomic E-state index is 12.7. The Morgan fingerprint density at radius 2 is 2.15 bits per heavy atom. The van der Waals surface area contributed by atoms with Crippen molar-refractivity contribution in [1.29, 1.82) is 0 Å². The van der Waals surface area contributed by atoms with Crippen LogP contribution >= 0.6 is 11.3 Å². The summed E-state index contributed by atoms with van der Waals surface area (Å²) in [6, 6.07) is 5.19. The van der Waals surface area contributed by atoms with Crippen LogP contribution in [0.3, 0.4) is 0 Å². The normalized spacial score (nSPS) is 17.2. The van der Waals surface area contributed by atoms with E-state index in [2.05, 4.69) is 0 Å². The second-order valence-corrected chi connectivity index (χ2v) is 7.40. The summed E-state index contributed by atoms with van der Waals surface area (Å²) in [5.74, 6) is 0.00144. The van der Waals surface area contributed by atoms with E-state index in [0.717, 1.165) is 23.3 Å². The zero-order valence-electron chi connectivity index (χ0n) is 14.9. The fourth-order valence-corrected chi connectivity index (χ4v) is 4.21. The van der Waals surface area contributed by atoms with Crippen molar-refractivity contribution in [3.8, 4) is 5.75 Å². The van der Waals surface area contributed by atoms with E-state index in [0.29, 0.717) is 13.1 Å². The smallest absolute Gasteiger partial charge is 0.293 e. The predicted octanol–water partition coefficient (Wildman–Crippen LogP) is 2.35. The molecule has 0 spiro atoms. The molecule has 3 rings (SSSR count). The lowest BCUT2D eigenvalue weighted by Gasteiger charge is -2.32. The van der Waals surface area contributed by atoms with E-state index < -0.39 is 0 Å². The van der Waals surface area contributed by atoms with Gasteiger partial charge in [-0.2, -0.15) is 0 Å². The summed E-state index contributed by atoms with van der Waals surface area (Å²) in [4.78, 5) is 40.1. The van der Waals surface area contributed by atoms with Crippen molar-refractivity contribution in [3.63, 3.8) is 0 Å². The topological polar surface area (TPSA) is 68.6 Å². The average molecular weight is 374 g/mol. The van der Waals surface area contributed by atoms with Crippen molar-refractivity contribution in [2.75, 3.05) is 20.2 Å². The molecule has 2 aromatic heterocycles. The minimum atomic E-state index is -0.331. The van der Waals surface area contributed by atoms with Crippen molar-refractivity contribution >= 4 is 23.0 Å². The Kier molecular flexibility index (Phi) is 5.56. The van der Waals surface area contributed by atoms with Gasteiger partial charge < -0.3 is 14.2 Å². The molecule has 1 atom stereocenters.